The number of fused-ring (bicyclic) bond motifs is 16. The van der Waals surface area contributed by atoms with Gasteiger partial charge in [0.05, 0.1) is 11.5 Å². The lowest BCUT2D eigenvalue weighted by molar-refractivity contribution is 0.659. The van der Waals surface area contributed by atoms with Gasteiger partial charge in [-0.15, -0.1) is 11.3 Å². The van der Waals surface area contributed by atoms with E-state index < -0.39 is 5.41 Å². The first-order valence-electron chi connectivity index (χ1n) is 28.4. The minimum Gasteiger partial charge on any atom is -0.334 e. The van der Waals surface area contributed by atoms with Crippen LogP contribution in [0.4, 0.5) is 28.4 Å². The Bertz CT molecular complexity index is 4400. The lowest BCUT2D eigenvalue weighted by Crippen LogP contribution is -2.31. The van der Waals surface area contributed by atoms with E-state index in [0.29, 0.717) is 0 Å². The number of anilines is 5. The SMILES string of the molecule is CC1(C)c2ccccc2-c2ccc(N(c3ccccc3)c3ccc4c(c3)C3(c5cc(N(c6ccc7c(c6)C(C)(C)c6ccccc6-7)C6C=CC=CC6)ccc5-4)c4ccccc4-c4c(-c5ccccc5)sc(-c5ccccc5)c43)cc21. The minimum absolute atomic E-state index is 0.107. The molecule has 1 spiro atoms. The van der Waals surface area contributed by atoms with Crippen LogP contribution in [-0.4, -0.2) is 6.04 Å². The molecular formula is C77H58N2S. The van der Waals surface area contributed by atoms with Gasteiger partial charge in [0.2, 0.25) is 0 Å². The largest absolute Gasteiger partial charge is 0.334 e. The average molecular weight is 1040 g/mol. The fourth-order valence-corrected chi connectivity index (χ4v) is 16.3. The van der Waals surface area contributed by atoms with E-state index in [0.717, 1.165) is 23.5 Å². The summed E-state index contributed by atoms with van der Waals surface area (Å²) in [4.78, 5) is 7.75. The van der Waals surface area contributed by atoms with Crippen LogP contribution in [0.3, 0.4) is 0 Å². The smallest absolute Gasteiger partial charge is 0.0741 e. The van der Waals surface area contributed by atoms with Gasteiger partial charge in [0.1, 0.15) is 0 Å². The van der Waals surface area contributed by atoms with Gasteiger partial charge >= 0.3 is 0 Å². The van der Waals surface area contributed by atoms with Gasteiger partial charge in [-0.3, -0.25) is 0 Å². The van der Waals surface area contributed by atoms with E-state index in [1.165, 1.54) is 121 Å². The molecule has 3 heteroatoms. The van der Waals surface area contributed by atoms with Crippen molar-refractivity contribution in [3.8, 4) is 65.4 Å². The monoisotopic (exact) mass is 1040 g/mol. The zero-order chi connectivity index (χ0) is 53.5. The molecule has 1 aromatic heterocycles. The number of benzene rings is 10. The van der Waals surface area contributed by atoms with Gasteiger partial charge in [-0.05, 0) is 162 Å². The average Bonchev–Trinajstić information content (AvgIpc) is 4.35. The van der Waals surface area contributed by atoms with Crippen molar-refractivity contribution < 1.29 is 0 Å². The molecule has 2 atom stereocenters. The summed E-state index contributed by atoms with van der Waals surface area (Å²) in [5, 5.41) is 0. The minimum atomic E-state index is -0.698. The quantitative estimate of drug-likeness (QED) is 0.150. The highest BCUT2D eigenvalue weighted by Crippen LogP contribution is 2.69. The van der Waals surface area contributed by atoms with Gasteiger partial charge in [0.25, 0.3) is 0 Å². The third kappa shape index (κ3) is 6.59. The van der Waals surface area contributed by atoms with Crippen LogP contribution in [0.5, 0.6) is 0 Å². The Labute approximate surface area is 473 Å². The Balaban J connectivity index is 0.970. The predicted octanol–water partition coefficient (Wildman–Crippen LogP) is 20.5. The topological polar surface area (TPSA) is 6.48 Å². The Morgan fingerprint density at radius 1 is 0.362 bits per heavy atom. The first-order valence-corrected chi connectivity index (χ1v) is 29.2. The molecule has 0 radical (unpaired) electrons. The van der Waals surface area contributed by atoms with E-state index in [-0.39, 0.29) is 16.9 Å². The summed E-state index contributed by atoms with van der Waals surface area (Å²) in [6, 6.07) is 90.1. The summed E-state index contributed by atoms with van der Waals surface area (Å²) in [6.07, 6.45) is 10.1. The molecule has 0 N–H and O–H groups in total. The first-order chi connectivity index (χ1) is 39.2. The maximum Gasteiger partial charge on any atom is 0.0741 e. The maximum absolute atomic E-state index is 2.63. The molecule has 11 aromatic rings. The molecular weight excluding hydrogens is 985 g/mol. The van der Waals surface area contributed by atoms with Gasteiger partial charge in [0, 0.05) is 54.6 Å². The molecule has 5 aliphatic rings. The van der Waals surface area contributed by atoms with Gasteiger partial charge in [0.15, 0.2) is 0 Å². The maximum atomic E-state index is 2.63. The van der Waals surface area contributed by atoms with E-state index in [9.17, 15) is 0 Å². The lowest BCUT2D eigenvalue weighted by Gasteiger charge is -2.36. The van der Waals surface area contributed by atoms with Crippen LogP contribution in [0, 0.1) is 0 Å². The molecule has 2 unspecified atom stereocenters. The number of thiophene rings is 1. The van der Waals surface area contributed by atoms with Crippen LogP contribution in [0.15, 0.2) is 261 Å². The molecule has 10 aromatic carbocycles. The van der Waals surface area contributed by atoms with Crippen molar-refractivity contribution in [2.24, 2.45) is 0 Å². The van der Waals surface area contributed by atoms with Crippen molar-refractivity contribution in [2.45, 2.75) is 56.4 Å². The Morgan fingerprint density at radius 2 is 0.787 bits per heavy atom. The zero-order valence-electron chi connectivity index (χ0n) is 45.4. The molecule has 5 aliphatic carbocycles. The molecule has 1 heterocycles. The van der Waals surface area contributed by atoms with Crippen molar-refractivity contribution in [1.82, 2.24) is 0 Å². The second kappa shape index (κ2) is 17.5. The van der Waals surface area contributed by atoms with Crippen LogP contribution < -0.4 is 9.80 Å². The van der Waals surface area contributed by atoms with Crippen molar-refractivity contribution in [3.63, 3.8) is 0 Å². The summed E-state index contributed by atoms with van der Waals surface area (Å²) >= 11 is 1.95. The van der Waals surface area contributed by atoms with Gasteiger partial charge < -0.3 is 9.80 Å². The number of allylic oxidation sites excluding steroid dienone is 2. The highest BCUT2D eigenvalue weighted by atomic mass is 32.1. The van der Waals surface area contributed by atoms with Crippen LogP contribution in [0.1, 0.15) is 78.6 Å². The van der Waals surface area contributed by atoms with E-state index in [1.807, 2.05) is 11.3 Å². The van der Waals surface area contributed by atoms with Crippen molar-refractivity contribution in [3.05, 3.63) is 305 Å². The molecule has 80 heavy (non-hydrogen) atoms. The molecule has 0 saturated carbocycles. The van der Waals surface area contributed by atoms with Gasteiger partial charge in [-0.1, -0.05) is 228 Å². The molecule has 0 fully saturated rings. The Kier molecular flexibility index (Phi) is 10.3. The van der Waals surface area contributed by atoms with Crippen molar-refractivity contribution >= 4 is 39.8 Å². The van der Waals surface area contributed by atoms with Crippen LogP contribution in [-0.2, 0) is 16.2 Å². The highest BCUT2D eigenvalue weighted by Gasteiger charge is 2.55. The number of hydrogen-bond donors (Lipinski definition) is 0. The summed E-state index contributed by atoms with van der Waals surface area (Å²) in [5.74, 6) is 0. The van der Waals surface area contributed by atoms with Gasteiger partial charge in [-0.2, -0.15) is 0 Å². The summed E-state index contributed by atoms with van der Waals surface area (Å²) in [7, 11) is 0. The van der Waals surface area contributed by atoms with Crippen molar-refractivity contribution in [2.75, 3.05) is 9.80 Å². The molecule has 0 saturated heterocycles. The molecule has 382 valence electrons. The summed E-state index contributed by atoms with van der Waals surface area (Å²) in [6.45, 7) is 9.56. The van der Waals surface area contributed by atoms with Crippen LogP contribution >= 0.6 is 11.3 Å². The number of rotatable bonds is 8. The number of hydrogen-bond acceptors (Lipinski definition) is 3. The second-order valence-corrected chi connectivity index (χ2v) is 24.5. The standard InChI is InChI=1S/C77H58N2S/c1-75(2)64-34-20-17-31-57(64)59-41-37-53(45-67(59)75)78(51-27-13-7-14-28-51)55-39-43-61-62-44-40-56(79(52-29-15-8-16-30-52)54-38-42-60-58-32-18-21-35-65(58)76(3,4)68(60)46-54)48-70(62)77(69(61)47-55)66-36-22-19-33-63(66)71-72(77)74(50-25-11-6-12-26-50)80-73(71)49-23-9-5-10-24-49/h5-29,31-48,52H,30H2,1-4H3. The van der Waals surface area contributed by atoms with Crippen LogP contribution in [0.25, 0.3) is 65.4 Å². The second-order valence-electron chi connectivity index (χ2n) is 23.5. The molecule has 0 amide bonds. The first kappa shape index (κ1) is 47.0. The van der Waals surface area contributed by atoms with E-state index in [2.05, 4.69) is 298 Å². The predicted molar refractivity (Wildman–Crippen MR) is 337 cm³/mol. The van der Waals surface area contributed by atoms with E-state index in [4.69, 9.17) is 0 Å². The van der Waals surface area contributed by atoms with Crippen LogP contribution in [0.2, 0.25) is 0 Å². The zero-order valence-corrected chi connectivity index (χ0v) is 46.2. The fraction of sp³-hybridized carbons (Fsp3) is 0.117. The third-order valence-corrected chi connectivity index (χ3v) is 19.9. The van der Waals surface area contributed by atoms with Gasteiger partial charge in [-0.25, -0.2) is 0 Å². The Morgan fingerprint density at radius 3 is 1.34 bits per heavy atom. The Hall–Kier alpha value is -9.02. The molecule has 0 aliphatic heterocycles. The normalized spacial score (nSPS) is 17.5. The van der Waals surface area contributed by atoms with E-state index >= 15 is 0 Å². The molecule has 0 bridgehead atoms. The highest BCUT2D eigenvalue weighted by molar-refractivity contribution is 7.19. The number of nitrogens with zero attached hydrogens (tertiary/aromatic N) is 2. The summed E-state index contributed by atoms with van der Waals surface area (Å²) in [5.41, 5.74) is 28.6. The molecule has 2 nitrogen and oxygen atoms in total. The fourth-order valence-electron chi connectivity index (χ4n) is 14.9. The molecule has 16 rings (SSSR count). The van der Waals surface area contributed by atoms with E-state index in [1.54, 1.807) is 0 Å². The lowest BCUT2D eigenvalue weighted by atomic mass is 9.69. The summed E-state index contributed by atoms with van der Waals surface area (Å²) < 4.78 is 0. The third-order valence-electron chi connectivity index (χ3n) is 18.6. The van der Waals surface area contributed by atoms with Crippen molar-refractivity contribution in [1.29, 1.82) is 0 Å². The number of para-hydroxylation sites is 1.